The average Bonchev–Trinajstić information content (AvgIpc) is 3.16. The summed E-state index contributed by atoms with van der Waals surface area (Å²) in [6.07, 6.45) is 3.50. The van der Waals surface area contributed by atoms with E-state index in [4.69, 9.17) is 0 Å². The molecule has 0 saturated carbocycles. The third kappa shape index (κ3) is 6.12. The van der Waals surface area contributed by atoms with Crippen LogP contribution in [0.3, 0.4) is 0 Å². The summed E-state index contributed by atoms with van der Waals surface area (Å²) in [4.78, 5) is 20.7. The molecule has 2 saturated heterocycles. The van der Waals surface area contributed by atoms with Gasteiger partial charge in [0.1, 0.15) is 0 Å². The predicted octanol–water partition coefficient (Wildman–Crippen LogP) is -0.329. The molecule has 0 bridgehead atoms. The molecule has 2 atom stereocenters. The first kappa shape index (κ1) is 21.0. The number of hydrogen-bond acceptors (Lipinski definition) is 5. The van der Waals surface area contributed by atoms with Crippen LogP contribution in [0.25, 0.3) is 0 Å². The second-order valence-electron chi connectivity index (χ2n) is 7.29. The van der Waals surface area contributed by atoms with Crippen LogP contribution in [0, 0.1) is 0 Å². The van der Waals surface area contributed by atoms with E-state index in [-0.39, 0.29) is 29.5 Å². The van der Waals surface area contributed by atoms with Crippen molar-refractivity contribution in [2.24, 2.45) is 4.99 Å². The van der Waals surface area contributed by atoms with Crippen LogP contribution in [-0.4, -0.2) is 93.9 Å². The first-order valence-electron chi connectivity index (χ1n) is 9.53. The lowest BCUT2D eigenvalue weighted by Crippen LogP contribution is -2.44. The summed E-state index contributed by atoms with van der Waals surface area (Å²) in [5.41, 5.74) is 0. The molecule has 2 unspecified atom stereocenters. The van der Waals surface area contributed by atoms with Crippen LogP contribution in [0.4, 0.5) is 0 Å². The summed E-state index contributed by atoms with van der Waals surface area (Å²) in [6.45, 7) is 5.19. The van der Waals surface area contributed by atoms with Crippen LogP contribution < -0.4 is 10.6 Å². The monoisotopic (exact) mass is 387 g/mol. The lowest BCUT2D eigenvalue weighted by atomic mass is 10.2. The Morgan fingerprint density at radius 1 is 1.31 bits per heavy atom. The molecule has 2 N–H and O–H groups in total. The Morgan fingerprint density at radius 3 is 2.69 bits per heavy atom. The zero-order valence-corrected chi connectivity index (χ0v) is 17.0. The predicted molar refractivity (Wildman–Crippen MR) is 104 cm³/mol. The summed E-state index contributed by atoms with van der Waals surface area (Å²) in [6, 6.07) is -0.0532. The number of rotatable bonds is 7. The molecule has 1 amide bonds. The van der Waals surface area contributed by atoms with Gasteiger partial charge in [-0.25, -0.2) is 8.42 Å². The van der Waals surface area contributed by atoms with Crippen LogP contribution in [0.2, 0.25) is 0 Å². The minimum Gasteiger partial charge on any atom is -0.357 e. The Balaban J connectivity index is 1.79. The molecule has 26 heavy (non-hydrogen) atoms. The van der Waals surface area contributed by atoms with Crippen LogP contribution in [0.5, 0.6) is 0 Å². The molecule has 0 aliphatic carbocycles. The van der Waals surface area contributed by atoms with E-state index in [9.17, 15) is 13.2 Å². The maximum Gasteiger partial charge on any atom is 0.239 e. The number of amides is 1. The first-order valence-corrected chi connectivity index (χ1v) is 11.3. The van der Waals surface area contributed by atoms with Gasteiger partial charge in [0.05, 0.1) is 17.5 Å². The van der Waals surface area contributed by atoms with E-state index in [1.54, 1.807) is 19.0 Å². The minimum absolute atomic E-state index is 0.00374. The molecular weight excluding hydrogens is 354 g/mol. The Kier molecular flexibility index (Phi) is 7.69. The van der Waals surface area contributed by atoms with Crippen molar-refractivity contribution in [3.05, 3.63) is 0 Å². The second-order valence-corrected chi connectivity index (χ2v) is 9.51. The van der Waals surface area contributed by atoms with Crippen LogP contribution in [0.15, 0.2) is 4.99 Å². The second kappa shape index (κ2) is 9.55. The van der Waals surface area contributed by atoms with Gasteiger partial charge in [0, 0.05) is 39.8 Å². The van der Waals surface area contributed by atoms with E-state index in [1.807, 2.05) is 6.92 Å². The van der Waals surface area contributed by atoms with Gasteiger partial charge in [-0.05, 0) is 39.2 Å². The van der Waals surface area contributed by atoms with E-state index in [0.29, 0.717) is 18.9 Å². The van der Waals surface area contributed by atoms with E-state index in [0.717, 1.165) is 38.9 Å². The van der Waals surface area contributed by atoms with Crippen molar-refractivity contribution >= 4 is 21.7 Å². The number of sulfone groups is 1. The lowest BCUT2D eigenvalue weighted by Gasteiger charge is -2.25. The van der Waals surface area contributed by atoms with Crippen molar-refractivity contribution in [3.63, 3.8) is 0 Å². The summed E-state index contributed by atoms with van der Waals surface area (Å²) in [5.74, 6) is 1.29. The Hall–Kier alpha value is -1.35. The molecular formula is C17H33N5O3S. The number of likely N-dealkylation sites (tertiary alicyclic amines) is 1. The molecule has 2 aliphatic rings. The van der Waals surface area contributed by atoms with Gasteiger partial charge >= 0.3 is 0 Å². The van der Waals surface area contributed by atoms with Gasteiger partial charge in [-0.2, -0.15) is 0 Å². The van der Waals surface area contributed by atoms with Crippen LogP contribution in [-0.2, 0) is 14.6 Å². The van der Waals surface area contributed by atoms with Gasteiger partial charge in [0.2, 0.25) is 5.91 Å². The highest BCUT2D eigenvalue weighted by molar-refractivity contribution is 7.91. The standard InChI is InChI=1S/C17H33N5O3S/c1-4-18-17(20-14-8-12-26(24,25)13-14)19-9-6-11-22-10-5-7-15(22)16(23)21(2)3/h14-15H,4-13H2,1-3H3,(H2,18,19,20). The number of carbonyl (C=O) groups is 1. The smallest absolute Gasteiger partial charge is 0.239 e. The molecule has 0 aromatic rings. The molecule has 2 fully saturated rings. The topological polar surface area (TPSA) is 94.1 Å². The van der Waals surface area contributed by atoms with Crippen LogP contribution in [0.1, 0.15) is 32.6 Å². The number of hydrogen-bond donors (Lipinski definition) is 2. The fraction of sp³-hybridized carbons (Fsp3) is 0.882. The van der Waals surface area contributed by atoms with Gasteiger partial charge < -0.3 is 15.5 Å². The molecule has 0 radical (unpaired) electrons. The third-order valence-electron chi connectivity index (χ3n) is 4.88. The molecule has 0 spiro atoms. The summed E-state index contributed by atoms with van der Waals surface area (Å²) >= 11 is 0. The van der Waals surface area contributed by atoms with Crippen LogP contribution >= 0.6 is 0 Å². The van der Waals surface area contributed by atoms with E-state index in [2.05, 4.69) is 20.5 Å². The van der Waals surface area contributed by atoms with E-state index >= 15 is 0 Å². The minimum atomic E-state index is -2.90. The normalized spacial score (nSPS) is 26.0. The van der Waals surface area contributed by atoms with Crippen molar-refractivity contribution in [1.29, 1.82) is 0 Å². The first-order chi connectivity index (χ1) is 12.3. The fourth-order valence-electron chi connectivity index (χ4n) is 3.56. The van der Waals surface area contributed by atoms with Gasteiger partial charge in [0.15, 0.2) is 15.8 Å². The molecule has 150 valence electrons. The molecule has 2 heterocycles. The SMILES string of the molecule is CCNC(=NCCCN1CCCC1C(=O)N(C)C)NC1CCS(=O)(=O)C1. The van der Waals surface area contributed by atoms with Crippen molar-refractivity contribution in [2.75, 3.05) is 51.8 Å². The molecule has 9 heteroatoms. The lowest BCUT2D eigenvalue weighted by molar-refractivity contribution is -0.133. The summed E-state index contributed by atoms with van der Waals surface area (Å²) in [7, 11) is 0.711. The molecule has 2 rings (SSSR count). The van der Waals surface area contributed by atoms with Crippen molar-refractivity contribution in [1.82, 2.24) is 20.4 Å². The quantitative estimate of drug-likeness (QED) is 0.353. The van der Waals surface area contributed by atoms with Gasteiger partial charge in [0.25, 0.3) is 0 Å². The fourth-order valence-corrected chi connectivity index (χ4v) is 5.23. The summed E-state index contributed by atoms with van der Waals surface area (Å²) in [5, 5.41) is 6.41. The number of likely N-dealkylation sites (N-methyl/N-ethyl adjacent to an activating group) is 1. The molecule has 0 aromatic carbocycles. The molecule has 2 aliphatic heterocycles. The van der Waals surface area contributed by atoms with Crippen molar-refractivity contribution in [2.45, 2.75) is 44.7 Å². The largest absolute Gasteiger partial charge is 0.357 e. The number of aliphatic imine (C=N–C) groups is 1. The zero-order chi connectivity index (χ0) is 19.2. The average molecular weight is 388 g/mol. The number of carbonyl (C=O) groups excluding carboxylic acids is 1. The molecule has 8 nitrogen and oxygen atoms in total. The Morgan fingerprint density at radius 2 is 2.08 bits per heavy atom. The van der Waals surface area contributed by atoms with Gasteiger partial charge in [-0.3, -0.25) is 14.7 Å². The van der Waals surface area contributed by atoms with Gasteiger partial charge in [-0.15, -0.1) is 0 Å². The maximum atomic E-state index is 12.2. The number of nitrogens with zero attached hydrogens (tertiary/aromatic N) is 3. The highest BCUT2D eigenvalue weighted by Gasteiger charge is 2.31. The maximum absolute atomic E-state index is 12.2. The highest BCUT2D eigenvalue weighted by Crippen LogP contribution is 2.18. The summed E-state index contributed by atoms with van der Waals surface area (Å²) < 4.78 is 23.2. The van der Waals surface area contributed by atoms with Crippen molar-refractivity contribution < 1.29 is 13.2 Å². The highest BCUT2D eigenvalue weighted by atomic mass is 32.2. The Bertz CT molecular complexity index is 606. The molecule has 0 aromatic heterocycles. The number of guanidine groups is 1. The zero-order valence-electron chi connectivity index (χ0n) is 16.2. The number of nitrogens with one attached hydrogen (secondary N) is 2. The van der Waals surface area contributed by atoms with E-state index < -0.39 is 9.84 Å². The third-order valence-corrected chi connectivity index (χ3v) is 6.65. The van der Waals surface area contributed by atoms with Crippen molar-refractivity contribution in [3.8, 4) is 0 Å². The van der Waals surface area contributed by atoms with E-state index in [1.165, 1.54) is 0 Å². The van der Waals surface area contributed by atoms with Gasteiger partial charge in [-0.1, -0.05) is 0 Å². The Labute approximate surface area is 157 Å².